The van der Waals surface area contributed by atoms with Gasteiger partial charge in [0.25, 0.3) is 0 Å². The molecule has 9 heavy (non-hydrogen) atoms. The molecule has 0 aromatic carbocycles. The Bertz CT molecular complexity index is 188. The van der Waals surface area contributed by atoms with Crippen molar-refractivity contribution >= 4 is 5.97 Å². The van der Waals surface area contributed by atoms with E-state index in [4.69, 9.17) is 5.11 Å². The standard InChI is InChI=1S/C5H5NO2.Li.H/c7-5(8)4-2-1-3-6-4;;/h1-3,6H,(H,7,8);;/q;+1;-1. The van der Waals surface area contributed by atoms with Crippen LogP contribution in [0.3, 0.4) is 0 Å². The molecule has 0 atom stereocenters. The van der Waals surface area contributed by atoms with E-state index >= 15 is 0 Å². The summed E-state index contributed by atoms with van der Waals surface area (Å²) in [6, 6.07) is 3.14. The first kappa shape index (κ1) is 8.35. The minimum atomic E-state index is -0.921. The number of H-pyrrole nitrogens is 1. The van der Waals surface area contributed by atoms with Gasteiger partial charge < -0.3 is 11.5 Å². The molecule has 0 spiro atoms. The molecule has 1 aromatic heterocycles. The minimum Gasteiger partial charge on any atom is -1.00 e. The van der Waals surface area contributed by atoms with Gasteiger partial charge in [-0.3, -0.25) is 0 Å². The Kier molecular flexibility index (Phi) is 3.14. The molecule has 3 nitrogen and oxygen atoms in total. The van der Waals surface area contributed by atoms with Crippen LogP contribution in [0.25, 0.3) is 0 Å². The fourth-order valence-corrected chi connectivity index (χ4v) is 0.463. The van der Waals surface area contributed by atoms with E-state index in [9.17, 15) is 4.79 Å². The molecule has 0 saturated heterocycles. The van der Waals surface area contributed by atoms with E-state index in [2.05, 4.69) is 4.98 Å². The van der Waals surface area contributed by atoms with Crippen molar-refractivity contribution in [3.05, 3.63) is 24.0 Å². The molecular weight excluding hydrogens is 113 g/mol. The summed E-state index contributed by atoms with van der Waals surface area (Å²) in [6.07, 6.45) is 1.57. The SMILES string of the molecule is O=C(O)c1ccc[nH]1.[H-].[Li+]. The first-order valence-corrected chi connectivity index (χ1v) is 2.17. The first-order valence-electron chi connectivity index (χ1n) is 2.17. The molecule has 0 saturated carbocycles. The molecule has 0 fully saturated rings. The second kappa shape index (κ2) is 3.39. The number of carbonyl (C=O) groups is 1. The smallest absolute Gasteiger partial charge is 1.00 e. The second-order valence-corrected chi connectivity index (χ2v) is 1.39. The molecule has 0 aliphatic carbocycles. The van der Waals surface area contributed by atoms with Crippen LogP contribution in [0, 0.1) is 0 Å². The van der Waals surface area contributed by atoms with Gasteiger partial charge in [-0.25, -0.2) is 4.79 Å². The zero-order valence-corrected chi connectivity index (χ0v) is 5.09. The summed E-state index contributed by atoms with van der Waals surface area (Å²) in [7, 11) is 0. The topological polar surface area (TPSA) is 53.1 Å². The molecule has 1 aromatic rings. The van der Waals surface area contributed by atoms with E-state index in [1.54, 1.807) is 12.3 Å². The van der Waals surface area contributed by atoms with Gasteiger partial charge in [0.05, 0.1) is 0 Å². The van der Waals surface area contributed by atoms with E-state index in [0.717, 1.165) is 0 Å². The van der Waals surface area contributed by atoms with Gasteiger partial charge in [0.2, 0.25) is 0 Å². The zero-order chi connectivity index (χ0) is 5.98. The number of aromatic amines is 1. The monoisotopic (exact) mass is 119 g/mol. The van der Waals surface area contributed by atoms with Gasteiger partial charge in [-0.05, 0) is 12.1 Å². The van der Waals surface area contributed by atoms with E-state index in [-0.39, 0.29) is 26.0 Å². The fourth-order valence-electron chi connectivity index (χ4n) is 0.463. The predicted octanol–water partition coefficient (Wildman–Crippen LogP) is -2.17. The summed E-state index contributed by atoms with van der Waals surface area (Å²) in [5.41, 5.74) is 0.227. The van der Waals surface area contributed by atoms with Crippen molar-refractivity contribution in [3.63, 3.8) is 0 Å². The number of aromatic carboxylic acids is 1. The molecule has 1 rings (SSSR count). The second-order valence-electron chi connectivity index (χ2n) is 1.39. The van der Waals surface area contributed by atoms with Gasteiger partial charge in [-0.1, -0.05) is 0 Å². The van der Waals surface area contributed by atoms with Crippen molar-refractivity contribution < 1.29 is 30.2 Å². The molecule has 0 radical (unpaired) electrons. The van der Waals surface area contributed by atoms with Crippen molar-refractivity contribution in [2.45, 2.75) is 0 Å². The van der Waals surface area contributed by atoms with Crippen LogP contribution in [0.1, 0.15) is 11.9 Å². The van der Waals surface area contributed by atoms with Crippen LogP contribution in [0.2, 0.25) is 0 Å². The van der Waals surface area contributed by atoms with Crippen molar-refractivity contribution in [2.24, 2.45) is 0 Å². The molecule has 4 heteroatoms. The van der Waals surface area contributed by atoms with Gasteiger partial charge in [0, 0.05) is 6.20 Å². The zero-order valence-electron chi connectivity index (χ0n) is 6.09. The van der Waals surface area contributed by atoms with Crippen LogP contribution in [0.4, 0.5) is 0 Å². The van der Waals surface area contributed by atoms with Crippen molar-refractivity contribution in [1.29, 1.82) is 0 Å². The Morgan fingerprint density at radius 3 is 2.67 bits per heavy atom. The number of aromatic nitrogens is 1. The number of rotatable bonds is 1. The summed E-state index contributed by atoms with van der Waals surface area (Å²) in [5, 5.41) is 8.24. The minimum absolute atomic E-state index is 0. The van der Waals surface area contributed by atoms with E-state index in [1.165, 1.54) is 6.07 Å². The number of hydrogen-bond donors (Lipinski definition) is 2. The average Bonchev–Trinajstić information content (AvgIpc) is 2.12. The molecule has 44 valence electrons. The Labute approximate surface area is 65.7 Å². The molecule has 0 amide bonds. The maximum atomic E-state index is 10.0. The molecule has 2 N–H and O–H groups in total. The largest absolute Gasteiger partial charge is 1.00 e. The van der Waals surface area contributed by atoms with E-state index in [0.29, 0.717) is 0 Å². The maximum absolute atomic E-state index is 10.0. The van der Waals surface area contributed by atoms with Crippen molar-refractivity contribution in [3.8, 4) is 0 Å². The summed E-state index contributed by atoms with van der Waals surface area (Å²) in [6.45, 7) is 0. The van der Waals surface area contributed by atoms with Crippen LogP contribution in [0.5, 0.6) is 0 Å². The molecule has 1 heterocycles. The number of nitrogens with one attached hydrogen (secondary N) is 1. The van der Waals surface area contributed by atoms with Gasteiger partial charge in [-0.2, -0.15) is 0 Å². The Morgan fingerprint density at radius 1 is 1.78 bits per heavy atom. The summed E-state index contributed by atoms with van der Waals surface area (Å²) in [5.74, 6) is -0.921. The van der Waals surface area contributed by atoms with Crippen LogP contribution in [0.15, 0.2) is 18.3 Å². The molecule has 0 aliphatic rings. The Balaban J connectivity index is 0. The van der Waals surface area contributed by atoms with Gasteiger partial charge in [0.15, 0.2) is 0 Å². The maximum Gasteiger partial charge on any atom is 1.00 e. The third-order valence-corrected chi connectivity index (χ3v) is 0.828. The van der Waals surface area contributed by atoms with Crippen LogP contribution >= 0.6 is 0 Å². The third-order valence-electron chi connectivity index (χ3n) is 0.828. The Morgan fingerprint density at radius 2 is 2.44 bits per heavy atom. The van der Waals surface area contributed by atoms with Crippen molar-refractivity contribution in [1.82, 2.24) is 4.98 Å². The van der Waals surface area contributed by atoms with Crippen LogP contribution in [-0.2, 0) is 0 Å². The quantitative estimate of drug-likeness (QED) is 0.413. The predicted molar refractivity (Wildman–Crippen MR) is 28.9 cm³/mol. The Hall–Kier alpha value is -0.653. The molecule has 0 bridgehead atoms. The van der Waals surface area contributed by atoms with Crippen LogP contribution in [-0.4, -0.2) is 16.1 Å². The van der Waals surface area contributed by atoms with Crippen molar-refractivity contribution in [2.75, 3.05) is 0 Å². The average molecular weight is 119 g/mol. The van der Waals surface area contributed by atoms with Gasteiger partial charge in [0.1, 0.15) is 5.69 Å². The van der Waals surface area contributed by atoms with Gasteiger partial charge in [-0.15, -0.1) is 0 Å². The summed E-state index contributed by atoms with van der Waals surface area (Å²) < 4.78 is 0. The van der Waals surface area contributed by atoms with E-state index < -0.39 is 5.97 Å². The number of carboxylic acid groups (broad SMARTS) is 1. The third kappa shape index (κ3) is 1.96. The molecule has 0 aliphatic heterocycles. The fraction of sp³-hybridized carbons (Fsp3) is 0. The molecular formula is C5H6LiNO2. The van der Waals surface area contributed by atoms with Gasteiger partial charge >= 0.3 is 24.8 Å². The summed E-state index contributed by atoms with van der Waals surface area (Å²) >= 11 is 0. The first-order chi connectivity index (χ1) is 3.80. The van der Waals surface area contributed by atoms with E-state index in [1.807, 2.05) is 0 Å². The normalized spacial score (nSPS) is 8.00. The summed E-state index contributed by atoms with van der Waals surface area (Å²) in [4.78, 5) is 12.6. The number of hydrogen-bond acceptors (Lipinski definition) is 1. The molecule has 0 unspecified atom stereocenters. The van der Waals surface area contributed by atoms with Crippen LogP contribution < -0.4 is 18.9 Å². The number of carboxylic acids is 1.